The summed E-state index contributed by atoms with van der Waals surface area (Å²) in [5.74, 6) is 0.0879. The lowest BCUT2D eigenvalue weighted by molar-refractivity contribution is -0.119. The summed E-state index contributed by atoms with van der Waals surface area (Å²) < 4.78 is 0. The van der Waals surface area contributed by atoms with E-state index in [2.05, 4.69) is 10.3 Å². The zero-order chi connectivity index (χ0) is 13.2. The second-order valence-electron chi connectivity index (χ2n) is 4.70. The quantitative estimate of drug-likeness (QED) is 0.862. The normalized spacial score (nSPS) is 18.3. The van der Waals surface area contributed by atoms with Crippen molar-refractivity contribution in [1.29, 1.82) is 0 Å². The molecule has 1 atom stereocenters. The first-order chi connectivity index (χ1) is 9.24. The fourth-order valence-electron chi connectivity index (χ4n) is 2.34. The molecule has 1 amide bonds. The number of nitrogen functional groups attached to an aromatic ring is 1. The number of amides is 1. The second kappa shape index (κ2) is 4.72. The van der Waals surface area contributed by atoms with Crippen LogP contribution in [0.15, 0.2) is 42.5 Å². The molecule has 3 rings (SSSR count). The van der Waals surface area contributed by atoms with Crippen LogP contribution in [0.2, 0.25) is 0 Å². The van der Waals surface area contributed by atoms with Gasteiger partial charge in [-0.2, -0.15) is 0 Å². The third-order valence-corrected chi connectivity index (χ3v) is 3.35. The van der Waals surface area contributed by atoms with Crippen molar-refractivity contribution in [3.63, 3.8) is 0 Å². The molecular formula is C15H15N3O. The summed E-state index contributed by atoms with van der Waals surface area (Å²) in [7, 11) is 0. The van der Waals surface area contributed by atoms with E-state index in [0.29, 0.717) is 12.1 Å². The molecule has 1 aromatic heterocycles. The SMILES string of the molecule is Nc1ccc([C@H]2CCC(=O)N2)nc1-c1ccccc1. The van der Waals surface area contributed by atoms with Crippen molar-refractivity contribution >= 4 is 11.6 Å². The molecule has 0 bridgehead atoms. The van der Waals surface area contributed by atoms with Crippen LogP contribution in [-0.4, -0.2) is 10.9 Å². The monoisotopic (exact) mass is 253 g/mol. The number of pyridine rings is 1. The average molecular weight is 253 g/mol. The Hall–Kier alpha value is -2.36. The summed E-state index contributed by atoms with van der Waals surface area (Å²) in [5.41, 5.74) is 9.29. The van der Waals surface area contributed by atoms with E-state index in [0.717, 1.165) is 23.4 Å². The molecule has 1 aromatic carbocycles. The Morgan fingerprint density at radius 1 is 1.16 bits per heavy atom. The molecule has 1 saturated heterocycles. The first-order valence-electron chi connectivity index (χ1n) is 6.35. The van der Waals surface area contributed by atoms with Gasteiger partial charge in [-0.3, -0.25) is 4.79 Å². The van der Waals surface area contributed by atoms with Crippen molar-refractivity contribution in [3.05, 3.63) is 48.2 Å². The summed E-state index contributed by atoms with van der Waals surface area (Å²) in [5, 5.41) is 2.93. The van der Waals surface area contributed by atoms with Gasteiger partial charge in [0.15, 0.2) is 0 Å². The Kier molecular flexibility index (Phi) is 2.91. The van der Waals surface area contributed by atoms with Crippen molar-refractivity contribution < 1.29 is 4.79 Å². The summed E-state index contributed by atoms with van der Waals surface area (Å²) in [6.45, 7) is 0. The third kappa shape index (κ3) is 2.29. The van der Waals surface area contributed by atoms with Gasteiger partial charge in [0.2, 0.25) is 5.91 Å². The van der Waals surface area contributed by atoms with Gasteiger partial charge >= 0.3 is 0 Å². The van der Waals surface area contributed by atoms with E-state index in [1.807, 2.05) is 42.5 Å². The highest BCUT2D eigenvalue weighted by Gasteiger charge is 2.23. The molecule has 3 N–H and O–H groups in total. The summed E-state index contributed by atoms with van der Waals surface area (Å²) in [6, 6.07) is 13.6. The Balaban J connectivity index is 1.99. The van der Waals surface area contributed by atoms with Gasteiger partial charge in [0, 0.05) is 12.0 Å². The Labute approximate surface area is 111 Å². The number of nitrogens with zero attached hydrogens (tertiary/aromatic N) is 1. The standard InChI is InChI=1S/C15H15N3O/c16-11-6-7-13(12-8-9-14(19)17-12)18-15(11)10-4-2-1-3-5-10/h1-7,12H,8-9,16H2,(H,17,19)/t12-/m1/s1. The largest absolute Gasteiger partial charge is 0.397 e. The van der Waals surface area contributed by atoms with Crippen LogP contribution in [0.1, 0.15) is 24.6 Å². The van der Waals surface area contributed by atoms with Crippen LogP contribution in [-0.2, 0) is 4.79 Å². The number of carbonyl (C=O) groups is 1. The molecule has 4 heteroatoms. The maximum absolute atomic E-state index is 11.3. The molecule has 19 heavy (non-hydrogen) atoms. The lowest BCUT2D eigenvalue weighted by Gasteiger charge is -2.12. The summed E-state index contributed by atoms with van der Waals surface area (Å²) in [6.07, 6.45) is 1.36. The number of nitrogens with one attached hydrogen (secondary N) is 1. The number of hydrogen-bond acceptors (Lipinski definition) is 3. The van der Waals surface area contributed by atoms with Crippen molar-refractivity contribution in [3.8, 4) is 11.3 Å². The minimum absolute atomic E-state index is 0.00978. The van der Waals surface area contributed by atoms with E-state index in [-0.39, 0.29) is 11.9 Å². The van der Waals surface area contributed by atoms with E-state index >= 15 is 0 Å². The van der Waals surface area contributed by atoms with Crippen LogP contribution in [0.5, 0.6) is 0 Å². The Bertz CT molecular complexity index is 610. The second-order valence-corrected chi connectivity index (χ2v) is 4.70. The number of aromatic nitrogens is 1. The highest BCUT2D eigenvalue weighted by molar-refractivity contribution is 5.79. The van der Waals surface area contributed by atoms with Gasteiger partial charge in [-0.05, 0) is 18.6 Å². The lowest BCUT2D eigenvalue weighted by Crippen LogP contribution is -2.19. The van der Waals surface area contributed by atoms with Crippen molar-refractivity contribution in [2.24, 2.45) is 0 Å². The molecule has 2 aromatic rings. The smallest absolute Gasteiger partial charge is 0.220 e. The molecule has 96 valence electrons. The fraction of sp³-hybridized carbons (Fsp3) is 0.200. The molecule has 0 radical (unpaired) electrons. The predicted molar refractivity (Wildman–Crippen MR) is 74.2 cm³/mol. The Morgan fingerprint density at radius 2 is 1.95 bits per heavy atom. The van der Waals surface area contributed by atoms with Crippen molar-refractivity contribution in [1.82, 2.24) is 10.3 Å². The number of carbonyl (C=O) groups excluding carboxylic acids is 1. The molecule has 0 saturated carbocycles. The van der Waals surface area contributed by atoms with Gasteiger partial charge < -0.3 is 11.1 Å². The highest BCUT2D eigenvalue weighted by atomic mass is 16.1. The average Bonchev–Trinajstić information content (AvgIpc) is 2.87. The van der Waals surface area contributed by atoms with Crippen LogP contribution in [0.3, 0.4) is 0 Å². The van der Waals surface area contributed by atoms with E-state index in [1.165, 1.54) is 0 Å². The maximum Gasteiger partial charge on any atom is 0.220 e. The molecular weight excluding hydrogens is 238 g/mol. The first-order valence-corrected chi connectivity index (χ1v) is 6.35. The number of hydrogen-bond donors (Lipinski definition) is 2. The van der Waals surface area contributed by atoms with Gasteiger partial charge in [-0.15, -0.1) is 0 Å². The molecule has 0 aliphatic carbocycles. The fourth-order valence-corrected chi connectivity index (χ4v) is 2.34. The van der Waals surface area contributed by atoms with Crippen LogP contribution in [0.25, 0.3) is 11.3 Å². The highest BCUT2D eigenvalue weighted by Crippen LogP contribution is 2.28. The van der Waals surface area contributed by atoms with Crippen LogP contribution >= 0.6 is 0 Å². The van der Waals surface area contributed by atoms with E-state index in [1.54, 1.807) is 0 Å². The summed E-state index contributed by atoms with van der Waals surface area (Å²) >= 11 is 0. The first kappa shape index (κ1) is 11.7. The van der Waals surface area contributed by atoms with Gasteiger partial charge in [0.25, 0.3) is 0 Å². The molecule has 1 aliphatic heterocycles. The topological polar surface area (TPSA) is 68.0 Å². The third-order valence-electron chi connectivity index (χ3n) is 3.35. The van der Waals surface area contributed by atoms with Crippen molar-refractivity contribution in [2.75, 3.05) is 5.73 Å². The number of rotatable bonds is 2. The zero-order valence-corrected chi connectivity index (χ0v) is 10.5. The van der Waals surface area contributed by atoms with Gasteiger partial charge in [0.1, 0.15) is 0 Å². The maximum atomic E-state index is 11.3. The Morgan fingerprint density at radius 3 is 2.63 bits per heavy atom. The number of anilines is 1. The minimum Gasteiger partial charge on any atom is -0.397 e. The number of nitrogens with two attached hydrogens (primary N) is 1. The minimum atomic E-state index is 0.00978. The van der Waals surface area contributed by atoms with Gasteiger partial charge in [-0.1, -0.05) is 30.3 Å². The van der Waals surface area contributed by atoms with E-state index in [9.17, 15) is 4.79 Å². The molecule has 0 unspecified atom stereocenters. The van der Waals surface area contributed by atoms with E-state index in [4.69, 9.17) is 5.73 Å². The molecule has 2 heterocycles. The van der Waals surface area contributed by atoms with Gasteiger partial charge in [-0.25, -0.2) is 4.98 Å². The van der Waals surface area contributed by atoms with E-state index < -0.39 is 0 Å². The van der Waals surface area contributed by atoms with Crippen LogP contribution in [0.4, 0.5) is 5.69 Å². The van der Waals surface area contributed by atoms with Crippen LogP contribution in [0, 0.1) is 0 Å². The predicted octanol–water partition coefficient (Wildman–Crippen LogP) is 2.28. The van der Waals surface area contributed by atoms with Crippen LogP contribution < -0.4 is 11.1 Å². The molecule has 1 fully saturated rings. The summed E-state index contributed by atoms with van der Waals surface area (Å²) in [4.78, 5) is 15.9. The molecule has 0 spiro atoms. The van der Waals surface area contributed by atoms with Gasteiger partial charge in [0.05, 0.1) is 23.1 Å². The number of benzene rings is 1. The molecule has 4 nitrogen and oxygen atoms in total. The van der Waals surface area contributed by atoms with Crippen molar-refractivity contribution in [2.45, 2.75) is 18.9 Å². The lowest BCUT2D eigenvalue weighted by atomic mass is 10.1. The molecule has 1 aliphatic rings. The zero-order valence-electron chi connectivity index (χ0n) is 10.5.